The average molecular weight is 298 g/mol. The van der Waals surface area contributed by atoms with E-state index in [4.69, 9.17) is 28.3 Å². The normalized spacial score (nSPS) is 10.4. The molecule has 0 amide bonds. The maximum absolute atomic E-state index is 11.3. The molecule has 1 N–H and O–H groups in total. The minimum absolute atomic E-state index is 0.277. The van der Waals surface area contributed by atoms with E-state index in [1.54, 1.807) is 22.8 Å². The van der Waals surface area contributed by atoms with Gasteiger partial charge in [0, 0.05) is 35.1 Å². The van der Waals surface area contributed by atoms with Gasteiger partial charge in [0.1, 0.15) is 5.56 Å². The number of rotatable bonds is 3. The predicted octanol–water partition coefficient (Wildman–Crippen LogP) is 2.90. The number of carbonyl (C=O) groups is 1. The van der Waals surface area contributed by atoms with Crippen molar-refractivity contribution in [2.45, 2.75) is 6.54 Å². The molecule has 0 aliphatic heterocycles. The van der Waals surface area contributed by atoms with Crippen LogP contribution in [0.15, 0.2) is 41.5 Å². The van der Waals surface area contributed by atoms with Crippen LogP contribution in [0.5, 0.6) is 0 Å². The van der Waals surface area contributed by atoms with Gasteiger partial charge in [-0.2, -0.15) is 0 Å². The number of benzene rings is 1. The molecule has 0 saturated carbocycles. The monoisotopic (exact) mass is 297 g/mol. The summed E-state index contributed by atoms with van der Waals surface area (Å²) >= 11 is 11.9. The molecule has 4 nitrogen and oxygen atoms in total. The van der Waals surface area contributed by atoms with Crippen LogP contribution in [0.4, 0.5) is 0 Å². The maximum atomic E-state index is 11.3. The van der Waals surface area contributed by atoms with Crippen molar-refractivity contribution in [2.24, 2.45) is 0 Å². The van der Waals surface area contributed by atoms with Crippen molar-refractivity contribution in [3.8, 4) is 0 Å². The number of nitrogens with zero attached hydrogens (tertiary/aromatic N) is 1. The molecule has 0 aliphatic carbocycles. The summed E-state index contributed by atoms with van der Waals surface area (Å²) in [7, 11) is 0. The Hall–Kier alpha value is -1.78. The number of aromatic nitrogens is 1. The van der Waals surface area contributed by atoms with Crippen LogP contribution in [0, 0.1) is 0 Å². The number of pyridine rings is 1. The van der Waals surface area contributed by atoms with Gasteiger partial charge in [-0.05, 0) is 23.8 Å². The molecule has 6 heteroatoms. The molecule has 0 aliphatic rings. The molecule has 2 aromatic rings. The van der Waals surface area contributed by atoms with Gasteiger partial charge in [0.2, 0.25) is 0 Å². The molecular formula is C13H9Cl2NO3. The number of carboxylic acid groups (broad SMARTS) is 1. The Morgan fingerprint density at radius 3 is 2.68 bits per heavy atom. The molecule has 0 fully saturated rings. The van der Waals surface area contributed by atoms with Crippen LogP contribution < -0.4 is 5.43 Å². The molecule has 1 aromatic heterocycles. The third kappa shape index (κ3) is 3.16. The second kappa shape index (κ2) is 5.47. The van der Waals surface area contributed by atoms with Crippen molar-refractivity contribution < 1.29 is 9.90 Å². The van der Waals surface area contributed by atoms with E-state index in [0.717, 1.165) is 5.56 Å². The molecule has 0 bridgehead atoms. The molecule has 0 unspecified atom stereocenters. The second-order valence-corrected chi connectivity index (χ2v) is 4.78. The van der Waals surface area contributed by atoms with Crippen molar-refractivity contribution >= 4 is 29.2 Å². The van der Waals surface area contributed by atoms with E-state index in [-0.39, 0.29) is 5.56 Å². The Balaban J connectivity index is 2.39. The standard InChI is InChI=1S/C13H9Cl2NO3/c14-9-1-2-11(15)8(5-9)6-16-4-3-12(17)10(7-16)13(18)19/h1-5,7H,6H2,(H,18,19). The Morgan fingerprint density at radius 1 is 1.26 bits per heavy atom. The highest BCUT2D eigenvalue weighted by Gasteiger charge is 2.09. The quantitative estimate of drug-likeness (QED) is 0.947. The first kappa shape index (κ1) is 13.6. The summed E-state index contributed by atoms with van der Waals surface area (Å²) in [5, 5.41) is 9.96. The largest absolute Gasteiger partial charge is 0.477 e. The summed E-state index contributed by atoms with van der Waals surface area (Å²) in [6.45, 7) is 0.333. The van der Waals surface area contributed by atoms with Crippen LogP contribution in [0.1, 0.15) is 15.9 Å². The van der Waals surface area contributed by atoms with Gasteiger partial charge in [-0.25, -0.2) is 4.79 Å². The maximum Gasteiger partial charge on any atom is 0.341 e. The molecule has 1 heterocycles. The molecule has 2 rings (SSSR count). The number of carboxylic acids is 1. The Kier molecular flexibility index (Phi) is 3.93. The molecule has 0 spiro atoms. The van der Waals surface area contributed by atoms with E-state index >= 15 is 0 Å². The minimum atomic E-state index is -1.25. The van der Waals surface area contributed by atoms with Crippen molar-refractivity contribution in [3.05, 3.63) is 68.1 Å². The number of halogens is 2. The van der Waals surface area contributed by atoms with Crippen LogP contribution in [-0.4, -0.2) is 15.6 Å². The van der Waals surface area contributed by atoms with Crippen LogP contribution in [-0.2, 0) is 6.54 Å². The van der Waals surface area contributed by atoms with Gasteiger partial charge >= 0.3 is 5.97 Å². The molecule has 0 radical (unpaired) electrons. The summed E-state index contributed by atoms with van der Waals surface area (Å²) in [4.78, 5) is 22.2. The summed E-state index contributed by atoms with van der Waals surface area (Å²) in [5.41, 5.74) is -0.0595. The van der Waals surface area contributed by atoms with Gasteiger partial charge in [-0.1, -0.05) is 23.2 Å². The van der Waals surface area contributed by atoms with E-state index in [0.29, 0.717) is 16.6 Å². The summed E-state index contributed by atoms with van der Waals surface area (Å²) in [5.74, 6) is -1.25. The lowest BCUT2D eigenvalue weighted by atomic mass is 10.2. The number of aromatic carboxylic acids is 1. The Bertz CT molecular complexity index is 695. The van der Waals surface area contributed by atoms with E-state index in [2.05, 4.69) is 0 Å². The highest BCUT2D eigenvalue weighted by Crippen LogP contribution is 2.21. The fraction of sp³-hybridized carbons (Fsp3) is 0.0769. The lowest BCUT2D eigenvalue weighted by Gasteiger charge is -2.09. The van der Waals surface area contributed by atoms with Crippen molar-refractivity contribution in [1.29, 1.82) is 0 Å². The van der Waals surface area contributed by atoms with Crippen LogP contribution in [0.25, 0.3) is 0 Å². The number of hydrogen-bond acceptors (Lipinski definition) is 2. The first-order valence-corrected chi connectivity index (χ1v) is 6.10. The third-order valence-electron chi connectivity index (χ3n) is 2.57. The van der Waals surface area contributed by atoms with Crippen LogP contribution >= 0.6 is 23.2 Å². The predicted molar refractivity (Wildman–Crippen MR) is 73.2 cm³/mol. The van der Waals surface area contributed by atoms with Gasteiger partial charge in [0.05, 0.1) is 0 Å². The fourth-order valence-corrected chi connectivity index (χ4v) is 2.02. The Morgan fingerprint density at radius 2 is 2.00 bits per heavy atom. The third-order valence-corrected chi connectivity index (χ3v) is 3.17. The van der Waals surface area contributed by atoms with E-state index in [1.165, 1.54) is 18.5 Å². The number of hydrogen-bond donors (Lipinski definition) is 1. The van der Waals surface area contributed by atoms with Crippen LogP contribution in [0.2, 0.25) is 10.0 Å². The second-order valence-electron chi connectivity index (χ2n) is 3.94. The average Bonchev–Trinajstić information content (AvgIpc) is 2.36. The van der Waals surface area contributed by atoms with E-state index in [1.807, 2.05) is 0 Å². The van der Waals surface area contributed by atoms with Crippen molar-refractivity contribution in [1.82, 2.24) is 4.57 Å². The molecule has 0 atom stereocenters. The highest BCUT2D eigenvalue weighted by atomic mass is 35.5. The van der Waals surface area contributed by atoms with Gasteiger partial charge in [0.15, 0.2) is 5.43 Å². The zero-order valence-corrected chi connectivity index (χ0v) is 11.1. The molecule has 1 aromatic carbocycles. The molecule has 19 heavy (non-hydrogen) atoms. The summed E-state index contributed by atoms with van der Waals surface area (Å²) in [6, 6.07) is 6.24. The molecule has 0 saturated heterocycles. The molecule has 98 valence electrons. The lowest BCUT2D eigenvalue weighted by Crippen LogP contribution is -2.16. The van der Waals surface area contributed by atoms with E-state index in [9.17, 15) is 9.59 Å². The first-order valence-electron chi connectivity index (χ1n) is 5.34. The van der Waals surface area contributed by atoms with Gasteiger partial charge in [-0.3, -0.25) is 4.79 Å². The van der Waals surface area contributed by atoms with Gasteiger partial charge in [-0.15, -0.1) is 0 Å². The van der Waals surface area contributed by atoms with Gasteiger partial charge in [0.25, 0.3) is 0 Å². The minimum Gasteiger partial charge on any atom is -0.477 e. The summed E-state index contributed by atoms with van der Waals surface area (Å²) < 4.78 is 1.57. The lowest BCUT2D eigenvalue weighted by molar-refractivity contribution is 0.0694. The molecular weight excluding hydrogens is 289 g/mol. The van der Waals surface area contributed by atoms with Crippen molar-refractivity contribution in [3.63, 3.8) is 0 Å². The van der Waals surface area contributed by atoms with Gasteiger partial charge < -0.3 is 9.67 Å². The smallest absolute Gasteiger partial charge is 0.341 e. The van der Waals surface area contributed by atoms with Crippen molar-refractivity contribution in [2.75, 3.05) is 0 Å². The SMILES string of the molecule is O=C(O)c1cn(Cc2cc(Cl)ccc2Cl)ccc1=O. The summed E-state index contributed by atoms with van der Waals surface area (Å²) in [6.07, 6.45) is 2.79. The zero-order valence-electron chi connectivity index (χ0n) is 9.64. The topological polar surface area (TPSA) is 59.3 Å². The van der Waals surface area contributed by atoms with E-state index < -0.39 is 11.4 Å². The zero-order chi connectivity index (χ0) is 14.0. The van der Waals surface area contributed by atoms with Crippen LogP contribution in [0.3, 0.4) is 0 Å². The fourth-order valence-electron chi connectivity index (χ4n) is 1.65. The Labute approximate surface area is 118 Å². The first-order chi connectivity index (χ1) is 8.97. The highest BCUT2D eigenvalue weighted by molar-refractivity contribution is 6.33.